The van der Waals surface area contributed by atoms with E-state index in [9.17, 15) is 0 Å². The van der Waals surface area contributed by atoms with Crippen LogP contribution < -0.4 is 4.74 Å². The van der Waals surface area contributed by atoms with E-state index in [2.05, 4.69) is 6.58 Å². The molecule has 0 spiro atoms. The summed E-state index contributed by atoms with van der Waals surface area (Å²) in [5.41, 5.74) is 0.867. The molecule has 24 heavy (non-hydrogen) atoms. The third-order valence-electron chi connectivity index (χ3n) is 4.74. The van der Waals surface area contributed by atoms with Crippen LogP contribution in [0.1, 0.15) is 33.3 Å². The number of hydrogen-bond acceptors (Lipinski definition) is 3. The van der Waals surface area contributed by atoms with E-state index in [1.165, 1.54) is 0 Å². The molecule has 1 heterocycles. The highest BCUT2D eigenvalue weighted by Gasteiger charge is 2.52. The van der Waals surface area contributed by atoms with Crippen molar-refractivity contribution < 1.29 is 14.0 Å². The molecule has 0 amide bonds. The average molecular weight is 322 g/mol. The molecule has 124 valence electrons. The van der Waals surface area contributed by atoms with E-state index in [4.69, 9.17) is 14.0 Å². The van der Waals surface area contributed by atoms with Crippen LogP contribution in [0.5, 0.6) is 11.5 Å². The van der Waals surface area contributed by atoms with Gasteiger partial charge in [0.25, 0.3) is 0 Å². The van der Waals surface area contributed by atoms with Gasteiger partial charge in [-0.3, -0.25) is 0 Å². The van der Waals surface area contributed by atoms with E-state index in [1.807, 2.05) is 82.3 Å². The fraction of sp³-hybridized carbons (Fsp3) is 0.300. The molecule has 2 aromatic carbocycles. The Morgan fingerprint density at radius 1 is 0.875 bits per heavy atom. The number of hydrogen-bond donors (Lipinski definition) is 0. The summed E-state index contributed by atoms with van der Waals surface area (Å²) in [5, 5.41) is 0. The molecule has 1 saturated heterocycles. The molecular formula is C20H23BO3. The van der Waals surface area contributed by atoms with Gasteiger partial charge in [0, 0.05) is 5.56 Å². The maximum Gasteiger partial charge on any atom is 0.494 e. The van der Waals surface area contributed by atoms with Crippen LogP contribution in [0.15, 0.2) is 61.2 Å². The first-order valence-electron chi connectivity index (χ1n) is 8.17. The number of ether oxygens (including phenoxy) is 1. The van der Waals surface area contributed by atoms with Crippen LogP contribution in [0.3, 0.4) is 0 Å². The van der Waals surface area contributed by atoms with Crippen molar-refractivity contribution in [3.8, 4) is 11.5 Å². The van der Waals surface area contributed by atoms with E-state index >= 15 is 0 Å². The van der Waals surface area contributed by atoms with Crippen molar-refractivity contribution in [2.45, 2.75) is 38.9 Å². The van der Waals surface area contributed by atoms with Crippen LogP contribution in [0, 0.1) is 0 Å². The van der Waals surface area contributed by atoms with Crippen LogP contribution in [0.2, 0.25) is 0 Å². The Labute approximate surface area is 144 Å². The minimum atomic E-state index is -0.490. The van der Waals surface area contributed by atoms with Gasteiger partial charge in [-0.15, -0.1) is 0 Å². The number of rotatable bonds is 4. The highest BCUT2D eigenvalue weighted by Crippen LogP contribution is 2.41. The molecule has 3 nitrogen and oxygen atoms in total. The Morgan fingerprint density at radius 3 is 2.04 bits per heavy atom. The minimum Gasteiger partial charge on any atom is -0.457 e. The summed E-state index contributed by atoms with van der Waals surface area (Å²) in [5.74, 6) is 1.52. The summed E-state index contributed by atoms with van der Waals surface area (Å²) in [6.07, 6.45) is 0. The molecule has 0 bridgehead atoms. The lowest BCUT2D eigenvalue weighted by molar-refractivity contribution is 0.00578. The van der Waals surface area contributed by atoms with Gasteiger partial charge in [0.05, 0.1) is 11.2 Å². The summed E-state index contributed by atoms with van der Waals surface area (Å²) < 4.78 is 18.2. The molecule has 0 atom stereocenters. The van der Waals surface area contributed by atoms with Crippen molar-refractivity contribution in [3.63, 3.8) is 0 Å². The van der Waals surface area contributed by atoms with Crippen molar-refractivity contribution in [2.24, 2.45) is 0 Å². The van der Waals surface area contributed by atoms with Gasteiger partial charge in [0.15, 0.2) is 0 Å². The SMILES string of the molecule is C=C(B1OC(C)(C)C(C)(C)O1)c1ccccc1Oc1ccccc1. The molecule has 0 N–H and O–H groups in total. The molecule has 1 aliphatic rings. The largest absolute Gasteiger partial charge is 0.494 e. The summed E-state index contributed by atoms with van der Waals surface area (Å²) in [6, 6.07) is 17.5. The van der Waals surface area contributed by atoms with E-state index < -0.39 is 18.3 Å². The van der Waals surface area contributed by atoms with Gasteiger partial charge in [-0.2, -0.15) is 0 Å². The Balaban J connectivity index is 1.87. The number of benzene rings is 2. The Bertz CT molecular complexity index is 722. The van der Waals surface area contributed by atoms with Crippen LogP contribution in [0.25, 0.3) is 5.47 Å². The third-order valence-corrected chi connectivity index (χ3v) is 4.74. The van der Waals surface area contributed by atoms with Crippen LogP contribution >= 0.6 is 0 Å². The van der Waals surface area contributed by atoms with Crippen LogP contribution in [0.4, 0.5) is 0 Å². The summed E-state index contributed by atoms with van der Waals surface area (Å²) >= 11 is 0. The van der Waals surface area contributed by atoms with Gasteiger partial charge < -0.3 is 14.0 Å². The molecule has 0 aliphatic carbocycles. The predicted octanol–water partition coefficient (Wildman–Crippen LogP) is 5.12. The molecule has 4 heteroatoms. The minimum absolute atomic E-state index is 0.393. The second-order valence-electron chi connectivity index (χ2n) is 7.02. The van der Waals surface area contributed by atoms with E-state index in [-0.39, 0.29) is 0 Å². The fourth-order valence-electron chi connectivity index (χ4n) is 2.55. The quantitative estimate of drug-likeness (QED) is 0.731. The first-order chi connectivity index (χ1) is 11.3. The first-order valence-corrected chi connectivity index (χ1v) is 8.17. The highest BCUT2D eigenvalue weighted by atomic mass is 16.7. The molecule has 1 fully saturated rings. The van der Waals surface area contributed by atoms with E-state index in [1.54, 1.807) is 0 Å². The van der Waals surface area contributed by atoms with Gasteiger partial charge in [0.2, 0.25) is 0 Å². The molecule has 3 rings (SSSR count). The zero-order chi connectivity index (χ0) is 17.4. The normalized spacial score (nSPS) is 18.4. The van der Waals surface area contributed by atoms with Crippen LogP contribution in [-0.2, 0) is 9.31 Å². The highest BCUT2D eigenvalue weighted by molar-refractivity contribution is 6.68. The molecule has 0 unspecified atom stereocenters. The van der Waals surface area contributed by atoms with Gasteiger partial charge in [-0.05, 0) is 51.4 Å². The molecule has 0 radical (unpaired) electrons. The topological polar surface area (TPSA) is 27.7 Å². The molecule has 0 aromatic heterocycles. The third kappa shape index (κ3) is 3.12. The van der Waals surface area contributed by atoms with E-state index in [0.717, 1.165) is 22.5 Å². The summed E-state index contributed by atoms with van der Waals surface area (Å²) in [6.45, 7) is 12.3. The van der Waals surface area contributed by atoms with Crippen LogP contribution in [-0.4, -0.2) is 18.3 Å². The van der Waals surface area contributed by atoms with E-state index in [0.29, 0.717) is 0 Å². The van der Waals surface area contributed by atoms with Gasteiger partial charge in [0.1, 0.15) is 11.5 Å². The Morgan fingerprint density at radius 2 is 1.42 bits per heavy atom. The van der Waals surface area contributed by atoms with Crippen molar-refractivity contribution in [1.29, 1.82) is 0 Å². The van der Waals surface area contributed by atoms with Gasteiger partial charge in [-0.25, -0.2) is 0 Å². The van der Waals surface area contributed by atoms with Crippen molar-refractivity contribution in [1.82, 2.24) is 0 Å². The van der Waals surface area contributed by atoms with Crippen molar-refractivity contribution in [2.75, 3.05) is 0 Å². The number of para-hydroxylation sites is 2. The maximum atomic E-state index is 6.11. The lowest BCUT2D eigenvalue weighted by Crippen LogP contribution is -2.41. The first kappa shape index (κ1) is 16.8. The smallest absolute Gasteiger partial charge is 0.457 e. The monoisotopic (exact) mass is 322 g/mol. The lowest BCUT2D eigenvalue weighted by atomic mass is 9.75. The standard InChI is InChI=1S/C20H23BO3/c1-15(21-23-19(2,3)20(4,5)24-21)17-13-9-10-14-18(17)22-16-11-7-6-8-12-16/h6-14H,1H2,2-5H3. The fourth-order valence-corrected chi connectivity index (χ4v) is 2.55. The predicted molar refractivity (Wildman–Crippen MR) is 98.1 cm³/mol. The second kappa shape index (κ2) is 6.12. The zero-order valence-electron chi connectivity index (χ0n) is 14.7. The average Bonchev–Trinajstić information content (AvgIpc) is 2.76. The zero-order valence-corrected chi connectivity index (χ0v) is 14.7. The van der Waals surface area contributed by atoms with Gasteiger partial charge in [-0.1, -0.05) is 43.0 Å². The van der Waals surface area contributed by atoms with Gasteiger partial charge >= 0.3 is 7.12 Å². The Hall–Kier alpha value is -2.04. The molecular weight excluding hydrogens is 299 g/mol. The summed E-state index contributed by atoms with van der Waals surface area (Å²) in [7, 11) is -0.490. The Kier molecular flexibility index (Phi) is 4.28. The van der Waals surface area contributed by atoms with Crippen molar-refractivity contribution >= 4 is 12.6 Å². The van der Waals surface area contributed by atoms with Crippen molar-refractivity contribution in [3.05, 3.63) is 66.7 Å². The summed E-state index contributed by atoms with van der Waals surface area (Å²) in [4.78, 5) is 0. The second-order valence-corrected chi connectivity index (χ2v) is 7.02. The molecule has 2 aromatic rings. The molecule has 1 aliphatic heterocycles. The lowest BCUT2D eigenvalue weighted by Gasteiger charge is -2.32. The maximum absolute atomic E-state index is 6.11. The molecule has 0 saturated carbocycles.